The van der Waals surface area contributed by atoms with Gasteiger partial charge in [-0.25, -0.2) is 8.42 Å². The van der Waals surface area contributed by atoms with Gasteiger partial charge in [0.15, 0.2) is 9.84 Å². The van der Waals surface area contributed by atoms with E-state index in [1.165, 1.54) is 142 Å². The van der Waals surface area contributed by atoms with Crippen molar-refractivity contribution < 1.29 is 75.6 Å². The fraction of sp³-hybridized carbons (Fsp3) is 0.192. The first-order chi connectivity index (χ1) is 37.6. The molecule has 6 rings (SSSR count). The van der Waals surface area contributed by atoms with Gasteiger partial charge in [-0.3, -0.25) is 50.0 Å². The van der Waals surface area contributed by atoms with Gasteiger partial charge in [-0.1, -0.05) is 24.3 Å². The predicted molar refractivity (Wildman–Crippen MR) is 286 cm³/mol. The molecule has 6 aromatic rings. The standard InChI is InChI=1S/C52H48N6O20S/c1-71-37-25-45(75-5)39(46(26-37)76-6)11-15-49(29-9-13-43(73-3)41(21-29)53-51(59)31-17-33(55(61)62)23-34(18-31)56(63)64)79(69,70)50(16-12-40-47(77-7)27-38(72-2)28-48(40)78-8)30-10-14-44(74-4)42(22-30)54-52(60)32-19-35(57(65)66)24-36(20-32)58(67)68/h9-28,49-50H,1-8H3,(H,53,59)(H,54,60). The van der Waals surface area contributed by atoms with Crippen LogP contribution in [0.15, 0.2) is 109 Å². The van der Waals surface area contributed by atoms with Gasteiger partial charge >= 0.3 is 0 Å². The molecule has 2 unspecified atom stereocenters. The molecule has 6 aromatic carbocycles. The molecule has 0 radical (unpaired) electrons. The van der Waals surface area contributed by atoms with E-state index in [-0.39, 0.29) is 68.1 Å². The summed E-state index contributed by atoms with van der Waals surface area (Å²) in [7, 11) is 5.83. The molecule has 2 atom stereocenters. The molecule has 2 N–H and O–H groups in total. The summed E-state index contributed by atoms with van der Waals surface area (Å²) in [5.74, 6) is -0.906. The quantitative estimate of drug-likeness (QED) is 0.0420. The first-order valence-electron chi connectivity index (χ1n) is 22.7. The van der Waals surface area contributed by atoms with Crippen LogP contribution in [0.4, 0.5) is 34.1 Å². The number of nitrogens with one attached hydrogen (secondary N) is 2. The van der Waals surface area contributed by atoms with E-state index in [4.69, 9.17) is 37.9 Å². The average molecular weight is 1110 g/mol. The molecule has 0 fully saturated rings. The van der Waals surface area contributed by atoms with Crippen molar-refractivity contribution in [1.82, 2.24) is 0 Å². The molecule has 79 heavy (non-hydrogen) atoms. The summed E-state index contributed by atoms with van der Waals surface area (Å²) in [6, 6.07) is 18.5. The van der Waals surface area contributed by atoms with Crippen LogP contribution in [-0.4, -0.2) is 96.8 Å². The minimum absolute atomic E-state index is 0.0459. The Morgan fingerprint density at radius 1 is 0.430 bits per heavy atom. The Balaban J connectivity index is 1.63. The number of non-ortho nitro benzene ring substituents is 4. The van der Waals surface area contributed by atoms with Gasteiger partial charge in [-0.15, -0.1) is 0 Å². The third kappa shape index (κ3) is 13.0. The Morgan fingerprint density at radius 2 is 0.722 bits per heavy atom. The van der Waals surface area contributed by atoms with Gasteiger partial charge in [0, 0.05) is 48.5 Å². The second-order valence-electron chi connectivity index (χ2n) is 16.4. The first kappa shape index (κ1) is 58.0. The number of carbonyl (C=O) groups is 2. The monoisotopic (exact) mass is 1110 g/mol. The van der Waals surface area contributed by atoms with E-state index in [0.29, 0.717) is 23.6 Å². The summed E-state index contributed by atoms with van der Waals surface area (Å²) < 4.78 is 76.9. The van der Waals surface area contributed by atoms with Crippen LogP contribution in [0.1, 0.15) is 53.5 Å². The number of benzene rings is 6. The number of ether oxygens (including phenoxy) is 8. The minimum Gasteiger partial charge on any atom is -0.496 e. The SMILES string of the molecule is COc1cc(OC)c(C=CC(c2ccc(OC)c(NC(=O)c3cc([N+](=O)[O-])cc([N+](=O)[O-])c3)c2)S(=O)(=O)C(C=Cc2c(OC)cc(OC)cc2OC)c2ccc(OC)c(NC(=O)c3cc([N+](=O)[O-])cc([N+](=O)[O-])c3)c2)c(OC)c1. The number of anilines is 2. The Bertz CT molecular complexity index is 3230. The smallest absolute Gasteiger partial charge is 0.277 e. The number of carbonyl (C=O) groups excluding carboxylic acids is 2. The van der Waals surface area contributed by atoms with Crippen LogP contribution >= 0.6 is 0 Å². The van der Waals surface area contributed by atoms with Crippen molar-refractivity contribution in [3.63, 3.8) is 0 Å². The van der Waals surface area contributed by atoms with Crippen LogP contribution in [0.5, 0.6) is 46.0 Å². The van der Waals surface area contributed by atoms with Gasteiger partial charge in [-0.2, -0.15) is 0 Å². The Kier molecular flexibility index (Phi) is 18.4. The summed E-state index contributed by atoms with van der Waals surface area (Å²) >= 11 is 0. The third-order valence-corrected chi connectivity index (χ3v) is 14.1. The molecule has 2 amide bonds. The molecule has 412 valence electrons. The fourth-order valence-corrected chi connectivity index (χ4v) is 9.97. The van der Waals surface area contributed by atoms with Crippen LogP contribution in [0.2, 0.25) is 0 Å². The van der Waals surface area contributed by atoms with Crippen LogP contribution in [0, 0.1) is 40.5 Å². The molecule has 0 spiro atoms. The number of rotatable bonds is 24. The zero-order valence-electron chi connectivity index (χ0n) is 43.1. The van der Waals surface area contributed by atoms with Crippen molar-refractivity contribution in [1.29, 1.82) is 0 Å². The second kappa shape index (κ2) is 25.0. The molecule has 0 bridgehead atoms. The largest absolute Gasteiger partial charge is 0.496 e. The summed E-state index contributed by atoms with van der Waals surface area (Å²) in [6.07, 6.45) is 5.38. The van der Waals surface area contributed by atoms with Crippen molar-refractivity contribution >= 4 is 67.9 Å². The van der Waals surface area contributed by atoms with Gasteiger partial charge in [0.25, 0.3) is 34.6 Å². The molecule has 27 heteroatoms. The van der Waals surface area contributed by atoms with Gasteiger partial charge in [0.2, 0.25) is 0 Å². The van der Waals surface area contributed by atoms with Crippen molar-refractivity contribution in [3.8, 4) is 46.0 Å². The Hall–Kier alpha value is -10.3. The highest BCUT2D eigenvalue weighted by atomic mass is 32.2. The molecule has 0 saturated heterocycles. The van der Waals surface area contributed by atoms with E-state index in [1.807, 2.05) is 0 Å². The number of hydrogen-bond donors (Lipinski definition) is 2. The Morgan fingerprint density at radius 3 is 0.975 bits per heavy atom. The lowest BCUT2D eigenvalue weighted by Crippen LogP contribution is -2.20. The summed E-state index contributed by atoms with van der Waals surface area (Å²) in [5, 5.41) is 48.5. The fourth-order valence-electron chi connectivity index (χ4n) is 8.00. The van der Waals surface area contributed by atoms with Gasteiger partial charge in [0.1, 0.15) is 56.5 Å². The maximum atomic E-state index is 16.2. The number of amides is 2. The third-order valence-electron chi connectivity index (χ3n) is 11.9. The van der Waals surface area contributed by atoms with E-state index in [9.17, 15) is 50.0 Å². The predicted octanol–water partition coefficient (Wildman–Crippen LogP) is 9.52. The number of nitro groups is 4. The first-order valence-corrected chi connectivity index (χ1v) is 24.3. The average Bonchev–Trinajstić information content (AvgIpc) is 3.45. The van der Waals surface area contributed by atoms with Gasteiger partial charge < -0.3 is 48.5 Å². The molecule has 0 aliphatic carbocycles. The lowest BCUT2D eigenvalue weighted by atomic mass is 10.1. The zero-order chi connectivity index (χ0) is 57.9. The second-order valence-corrected chi connectivity index (χ2v) is 18.6. The maximum absolute atomic E-state index is 16.2. The number of methoxy groups -OCH3 is 8. The molecule has 0 aromatic heterocycles. The molecule has 26 nitrogen and oxygen atoms in total. The highest BCUT2D eigenvalue weighted by Crippen LogP contribution is 2.44. The Labute approximate surface area is 449 Å². The molecule has 0 aliphatic heterocycles. The van der Waals surface area contributed by atoms with Crippen molar-refractivity contribution in [2.45, 2.75) is 10.5 Å². The van der Waals surface area contributed by atoms with E-state index >= 15 is 8.42 Å². The van der Waals surface area contributed by atoms with Crippen molar-refractivity contribution in [2.24, 2.45) is 0 Å². The maximum Gasteiger partial charge on any atom is 0.277 e. The lowest BCUT2D eigenvalue weighted by molar-refractivity contribution is -0.394. The van der Waals surface area contributed by atoms with Crippen molar-refractivity contribution in [3.05, 3.63) is 183 Å². The molecular formula is C52H48N6O20S. The number of nitro benzene ring substituents is 4. The highest BCUT2D eigenvalue weighted by Gasteiger charge is 2.36. The van der Waals surface area contributed by atoms with Crippen LogP contribution in [0.25, 0.3) is 12.2 Å². The summed E-state index contributed by atoms with van der Waals surface area (Å²) in [4.78, 5) is 71.1. The number of nitrogens with zero attached hydrogens (tertiary/aromatic N) is 4. The van der Waals surface area contributed by atoms with Gasteiger partial charge in [-0.05, 0) is 47.5 Å². The molecule has 0 aliphatic rings. The van der Waals surface area contributed by atoms with E-state index < -0.39 is 85.7 Å². The van der Waals surface area contributed by atoms with E-state index in [1.54, 1.807) is 0 Å². The normalized spacial score (nSPS) is 11.9. The zero-order valence-corrected chi connectivity index (χ0v) is 43.9. The van der Waals surface area contributed by atoms with Crippen LogP contribution in [-0.2, 0) is 9.84 Å². The topological polar surface area (TPSA) is 339 Å². The number of sulfone groups is 1. The van der Waals surface area contributed by atoms with E-state index in [0.717, 1.165) is 24.3 Å². The van der Waals surface area contributed by atoms with Crippen LogP contribution in [0.3, 0.4) is 0 Å². The van der Waals surface area contributed by atoms with Crippen molar-refractivity contribution in [2.75, 3.05) is 67.5 Å². The summed E-state index contributed by atoms with van der Waals surface area (Å²) in [5.41, 5.74) is -4.10. The highest BCUT2D eigenvalue weighted by molar-refractivity contribution is 7.92. The summed E-state index contributed by atoms with van der Waals surface area (Å²) in [6.45, 7) is 0. The molecule has 0 saturated carbocycles. The molecular weight excluding hydrogens is 1060 g/mol. The number of hydrogen-bond acceptors (Lipinski definition) is 20. The lowest BCUT2D eigenvalue weighted by Gasteiger charge is -2.24. The van der Waals surface area contributed by atoms with Crippen LogP contribution < -0.4 is 48.5 Å². The van der Waals surface area contributed by atoms with Gasteiger partial charge in [0.05, 0.1) is 122 Å². The minimum atomic E-state index is -4.90. The molecule has 0 heterocycles. The van der Waals surface area contributed by atoms with E-state index in [2.05, 4.69) is 10.6 Å².